The Kier molecular flexibility index (Phi) is 6.65. The van der Waals surface area contributed by atoms with Gasteiger partial charge in [0.15, 0.2) is 5.13 Å². The molecule has 0 N–H and O–H groups in total. The number of likely N-dealkylation sites (N-methyl/N-ethyl adjacent to an activating group) is 1. The fourth-order valence-corrected chi connectivity index (χ4v) is 4.44. The number of benzene rings is 2. The maximum absolute atomic E-state index is 13.3. The molecule has 0 saturated carbocycles. The Hall–Kier alpha value is -1.31. The highest BCUT2D eigenvalue weighted by Crippen LogP contribution is 2.33. The van der Waals surface area contributed by atoms with Gasteiger partial charge in [-0.1, -0.05) is 34.5 Å². The van der Waals surface area contributed by atoms with Crippen molar-refractivity contribution in [2.45, 2.75) is 4.90 Å². The van der Waals surface area contributed by atoms with Gasteiger partial charge in [-0.05, 0) is 56.7 Å². The monoisotopic (exact) mass is 439 g/mol. The van der Waals surface area contributed by atoms with Crippen LogP contribution in [0.2, 0.25) is 10.0 Å². The summed E-state index contributed by atoms with van der Waals surface area (Å²) in [5.74, 6) is -0.200. The molecule has 4 nitrogen and oxygen atoms in total. The molecule has 8 heteroatoms. The van der Waals surface area contributed by atoms with Gasteiger partial charge in [0, 0.05) is 23.0 Å². The third-order valence-electron chi connectivity index (χ3n) is 3.99. The molecule has 1 heterocycles. The van der Waals surface area contributed by atoms with E-state index in [-0.39, 0.29) is 5.91 Å². The van der Waals surface area contributed by atoms with Crippen LogP contribution in [-0.2, 0) is 0 Å². The Morgan fingerprint density at radius 2 is 1.93 bits per heavy atom. The molecule has 0 bridgehead atoms. The summed E-state index contributed by atoms with van der Waals surface area (Å²) in [7, 11) is 3.94. The van der Waals surface area contributed by atoms with Crippen molar-refractivity contribution in [3.05, 3.63) is 52.0 Å². The molecule has 0 spiro atoms. The van der Waals surface area contributed by atoms with Gasteiger partial charge in [-0.3, -0.25) is 9.69 Å². The van der Waals surface area contributed by atoms with Crippen molar-refractivity contribution in [1.29, 1.82) is 0 Å². The smallest absolute Gasteiger partial charge is 0.261 e. The van der Waals surface area contributed by atoms with Crippen molar-refractivity contribution in [1.82, 2.24) is 9.88 Å². The Morgan fingerprint density at radius 1 is 1.15 bits per heavy atom. The molecule has 0 saturated heterocycles. The molecule has 1 amide bonds. The highest BCUT2D eigenvalue weighted by Gasteiger charge is 2.23. The number of aromatic nitrogens is 1. The first-order valence-corrected chi connectivity index (χ1v) is 11.0. The first-order valence-electron chi connectivity index (χ1n) is 8.25. The van der Waals surface area contributed by atoms with Gasteiger partial charge in [0.2, 0.25) is 0 Å². The number of carbonyl (C=O) groups is 1. The number of nitrogens with zero attached hydrogens (tertiary/aromatic N) is 3. The number of fused-ring (bicyclic) bond motifs is 1. The zero-order valence-corrected chi connectivity index (χ0v) is 18.3. The van der Waals surface area contributed by atoms with E-state index in [1.165, 1.54) is 16.2 Å². The highest BCUT2D eigenvalue weighted by atomic mass is 35.5. The largest absolute Gasteiger partial charge is 0.308 e. The van der Waals surface area contributed by atoms with Crippen molar-refractivity contribution < 1.29 is 4.79 Å². The maximum Gasteiger partial charge on any atom is 0.261 e. The van der Waals surface area contributed by atoms with Crippen LogP contribution in [0.1, 0.15) is 10.4 Å². The molecular weight excluding hydrogens is 421 g/mol. The minimum Gasteiger partial charge on any atom is -0.308 e. The van der Waals surface area contributed by atoms with Crippen molar-refractivity contribution in [2.75, 3.05) is 38.3 Å². The molecule has 142 valence electrons. The first kappa shape index (κ1) is 20.4. The fraction of sp³-hybridized carbons (Fsp3) is 0.263. The minimum absolute atomic E-state index is 0.200. The van der Waals surface area contributed by atoms with Crippen LogP contribution in [-0.4, -0.2) is 49.2 Å². The summed E-state index contributed by atoms with van der Waals surface area (Å²) in [5, 5.41) is 1.51. The normalized spacial score (nSPS) is 11.3. The molecule has 0 aliphatic rings. The van der Waals surface area contributed by atoms with Gasteiger partial charge in [0.05, 0.1) is 20.8 Å². The van der Waals surface area contributed by atoms with E-state index in [1.54, 1.807) is 34.9 Å². The number of hydrogen-bond acceptors (Lipinski definition) is 5. The summed E-state index contributed by atoms with van der Waals surface area (Å²) in [5.41, 5.74) is 1.26. The molecule has 2 aromatic carbocycles. The molecule has 0 unspecified atom stereocenters. The topological polar surface area (TPSA) is 36.4 Å². The third-order valence-corrected chi connectivity index (χ3v) is 6.32. The van der Waals surface area contributed by atoms with Gasteiger partial charge in [-0.15, -0.1) is 11.8 Å². The lowest BCUT2D eigenvalue weighted by molar-refractivity contribution is 0.0985. The van der Waals surface area contributed by atoms with Gasteiger partial charge in [0.1, 0.15) is 0 Å². The summed E-state index contributed by atoms with van der Waals surface area (Å²) < 4.78 is 1.05. The minimum atomic E-state index is -0.200. The van der Waals surface area contributed by atoms with Crippen molar-refractivity contribution in [2.24, 2.45) is 0 Å². The van der Waals surface area contributed by atoms with Gasteiger partial charge in [0.25, 0.3) is 5.91 Å². The maximum atomic E-state index is 13.3. The van der Waals surface area contributed by atoms with Gasteiger partial charge in [-0.25, -0.2) is 4.98 Å². The molecule has 3 aromatic rings. The molecule has 1 aromatic heterocycles. The molecule has 0 aliphatic carbocycles. The number of carbonyl (C=O) groups excluding carboxylic acids is 1. The van der Waals surface area contributed by atoms with Crippen LogP contribution in [0.4, 0.5) is 5.13 Å². The number of amides is 1. The second-order valence-electron chi connectivity index (χ2n) is 6.21. The molecule has 0 radical (unpaired) electrons. The van der Waals surface area contributed by atoms with Crippen LogP contribution in [0.3, 0.4) is 0 Å². The number of rotatable bonds is 6. The van der Waals surface area contributed by atoms with E-state index in [2.05, 4.69) is 11.1 Å². The molecule has 0 atom stereocenters. The van der Waals surface area contributed by atoms with E-state index >= 15 is 0 Å². The predicted molar refractivity (Wildman–Crippen MR) is 118 cm³/mol. The van der Waals surface area contributed by atoms with Crippen LogP contribution in [0.25, 0.3) is 10.2 Å². The van der Waals surface area contributed by atoms with Crippen molar-refractivity contribution in [3.8, 4) is 0 Å². The number of hydrogen-bond donors (Lipinski definition) is 0. The van der Waals surface area contributed by atoms with E-state index in [0.29, 0.717) is 33.8 Å². The Labute approximate surface area is 177 Å². The average molecular weight is 440 g/mol. The van der Waals surface area contributed by atoms with Gasteiger partial charge < -0.3 is 4.90 Å². The summed E-state index contributed by atoms with van der Waals surface area (Å²) in [6.07, 6.45) is 2.04. The van der Waals surface area contributed by atoms with Crippen LogP contribution >= 0.6 is 46.3 Å². The number of halogens is 2. The van der Waals surface area contributed by atoms with Gasteiger partial charge in [-0.2, -0.15) is 0 Å². The summed E-state index contributed by atoms with van der Waals surface area (Å²) in [6.45, 7) is 1.21. The molecular formula is C19H19Cl2N3OS2. The summed E-state index contributed by atoms with van der Waals surface area (Å²) >= 11 is 15.5. The second kappa shape index (κ2) is 8.80. The Morgan fingerprint density at radius 3 is 2.63 bits per heavy atom. The van der Waals surface area contributed by atoms with Gasteiger partial charge >= 0.3 is 0 Å². The highest BCUT2D eigenvalue weighted by molar-refractivity contribution is 7.98. The lowest BCUT2D eigenvalue weighted by Gasteiger charge is -2.22. The van der Waals surface area contributed by atoms with Crippen LogP contribution in [0, 0.1) is 0 Å². The van der Waals surface area contributed by atoms with E-state index in [9.17, 15) is 4.79 Å². The lowest BCUT2D eigenvalue weighted by Crippen LogP contribution is -2.36. The Balaban J connectivity index is 2.02. The predicted octanol–water partition coefficient (Wildman–Crippen LogP) is 5.53. The fourth-order valence-electron chi connectivity index (χ4n) is 2.53. The zero-order chi connectivity index (χ0) is 19.6. The van der Waals surface area contributed by atoms with Crippen LogP contribution < -0.4 is 4.90 Å². The molecule has 0 aliphatic heterocycles. The van der Waals surface area contributed by atoms with E-state index in [4.69, 9.17) is 23.2 Å². The number of thioether (sulfide) groups is 1. The zero-order valence-electron chi connectivity index (χ0n) is 15.2. The SMILES string of the molecule is CSc1ccc2nc(N(CCN(C)C)C(=O)c3cc(Cl)ccc3Cl)sc2c1. The quantitative estimate of drug-likeness (QED) is 0.472. The molecule has 0 fully saturated rings. The second-order valence-corrected chi connectivity index (χ2v) is 8.95. The first-order chi connectivity index (χ1) is 12.9. The number of thiazole rings is 1. The van der Waals surface area contributed by atoms with E-state index in [1.807, 2.05) is 37.4 Å². The summed E-state index contributed by atoms with van der Waals surface area (Å²) in [4.78, 5) is 22.8. The number of anilines is 1. The Bertz CT molecular complexity index is 975. The van der Waals surface area contributed by atoms with Crippen molar-refractivity contribution >= 4 is 67.6 Å². The summed E-state index contributed by atoms with van der Waals surface area (Å²) in [6, 6.07) is 11.0. The lowest BCUT2D eigenvalue weighted by atomic mass is 10.2. The van der Waals surface area contributed by atoms with Crippen molar-refractivity contribution in [3.63, 3.8) is 0 Å². The third kappa shape index (κ3) is 4.76. The molecule has 27 heavy (non-hydrogen) atoms. The van der Waals surface area contributed by atoms with E-state index in [0.717, 1.165) is 10.2 Å². The van der Waals surface area contributed by atoms with E-state index < -0.39 is 0 Å². The average Bonchev–Trinajstić information content (AvgIpc) is 3.06. The van der Waals surface area contributed by atoms with Crippen LogP contribution in [0.5, 0.6) is 0 Å². The standard InChI is InChI=1S/C19H19Cl2N3OS2/c1-23(2)8-9-24(18(25)14-10-12(20)4-6-15(14)21)19-22-16-7-5-13(26-3)11-17(16)27-19/h4-7,10-11H,8-9H2,1-3H3. The molecule has 3 rings (SSSR count). The van der Waals surface area contributed by atoms with Crippen LogP contribution in [0.15, 0.2) is 41.3 Å².